The monoisotopic (exact) mass is 506 g/mol. The van der Waals surface area contributed by atoms with Gasteiger partial charge in [-0.2, -0.15) is 28.1 Å². The first-order valence-corrected chi connectivity index (χ1v) is 12.3. The number of amides is 1. The third-order valence-electron chi connectivity index (χ3n) is 6.84. The van der Waals surface area contributed by atoms with Crippen molar-refractivity contribution in [1.29, 1.82) is 0 Å². The molecule has 1 aromatic heterocycles. The third kappa shape index (κ3) is 6.54. The molecule has 0 spiro atoms. The maximum atomic E-state index is 13.2. The summed E-state index contributed by atoms with van der Waals surface area (Å²) < 4.78 is 39.6. The number of aromatic nitrogens is 3. The number of hydrogen-bond acceptors (Lipinski definition) is 8. The predicted octanol–water partition coefficient (Wildman–Crippen LogP) is 2.97. The largest absolute Gasteiger partial charge is 0.416 e. The number of benzene rings is 1. The van der Waals surface area contributed by atoms with Crippen LogP contribution in [0.15, 0.2) is 24.3 Å². The molecule has 1 saturated carbocycles. The van der Waals surface area contributed by atoms with E-state index in [-0.39, 0.29) is 30.0 Å². The molecule has 1 aliphatic heterocycles. The molecule has 0 atom stereocenters. The Balaban J connectivity index is 1.30. The molecule has 4 rings (SSSR count). The molecule has 0 radical (unpaired) electrons. The lowest BCUT2D eigenvalue weighted by Crippen LogP contribution is -2.45. The smallest absolute Gasteiger partial charge is 0.357 e. The number of hydrogen-bond donors (Lipinski definition) is 3. The van der Waals surface area contributed by atoms with Crippen molar-refractivity contribution >= 4 is 23.8 Å². The van der Waals surface area contributed by atoms with Gasteiger partial charge >= 0.3 is 6.18 Å². The van der Waals surface area contributed by atoms with E-state index in [2.05, 4.69) is 47.7 Å². The van der Waals surface area contributed by atoms with Crippen molar-refractivity contribution in [3.63, 3.8) is 0 Å². The van der Waals surface area contributed by atoms with Gasteiger partial charge in [0, 0.05) is 51.7 Å². The highest BCUT2D eigenvalue weighted by Crippen LogP contribution is 2.32. The minimum absolute atomic E-state index is 0.0695. The number of carbonyl (C=O) groups is 1. The molecule has 2 heterocycles. The summed E-state index contributed by atoms with van der Waals surface area (Å²) in [6.45, 7) is 3.43. The maximum Gasteiger partial charge on any atom is 0.416 e. The lowest BCUT2D eigenvalue weighted by atomic mass is 9.85. The van der Waals surface area contributed by atoms with Gasteiger partial charge < -0.3 is 25.8 Å². The van der Waals surface area contributed by atoms with Crippen molar-refractivity contribution in [2.24, 2.45) is 5.92 Å². The van der Waals surface area contributed by atoms with Crippen LogP contribution in [0.1, 0.15) is 36.8 Å². The molecule has 3 N–H and O–H groups in total. The fourth-order valence-electron chi connectivity index (χ4n) is 4.65. The van der Waals surface area contributed by atoms with Gasteiger partial charge in [0.05, 0.1) is 5.56 Å². The van der Waals surface area contributed by atoms with Crippen LogP contribution in [0.25, 0.3) is 0 Å². The van der Waals surface area contributed by atoms with E-state index in [1.54, 1.807) is 13.1 Å². The van der Waals surface area contributed by atoms with Gasteiger partial charge in [0.25, 0.3) is 0 Å². The number of alkyl halides is 3. The number of likely N-dealkylation sites (N-methyl/N-ethyl adjacent to an activating group) is 1. The Morgan fingerprint density at radius 1 is 1.00 bits per heavy atom. The van der Waals surface area contributed by atoms with Gasteiger partial charge in [0.1, 0.15) is 0 Å². The molecular formula is C24H33F3N8O. The van der Waals surface area contributed by atoms with Gasteiger partial charge in [-0.05, 0) is 44.4 Å². The second-order valence-electron chi connectivity index (χ2n) is 9.39. The van der Waals surface area contributed by atoms with Crippen LogP contribution < -0.4 is 20.9 Å². The molecule has 196 valence electrons. The highest BCUT2D eigenvalue weighted by Gasteiger charge is 2.33. The Hall–Kier alpha value is -3.15. The summed E-state index contributed by atoms with van der Waals surface area (Å²) in [6.07, 6.45) is -1.69. The van der Waals surface area contributed by atoms with Crippen molar-refractivity contribution in [3.8, 4) is 0 Å². The van der Waals surface area contributed by atoms with E-state index in [1.165, 1.54) is 12.1 Å². The second kappa shape index (κ2) is 11.3. The zero-order valence-electron chi connectivity index (χ0n) is 20.6. The van der Waals surface area contributed by atoms with Crippen molar-refractivity contribution < 1.29 is 18.0 Å². The number of anilines is 3. The number of halogens is 3. The number of nitrogens with zero attached hydrogens (tertiary/aromatic N) is 5. The fourth-order valence-corrected chi connectivity index (χ4v) is 4.65. The van der Waals surface area contributed by atoms with Crippen LogP contribution in [0.4, 0.5) is 31.0 Å². The molecule has 2 fully saturated rings. The van der Waals surface area contributed by atoms with Crippen molar-refractivity contribution in [2.45, 2.75) is 44.4 Å². The SMILES string of the molecule is CNc1nc(NC2CCC(C(=O)NCc3ccccc3C(F)(F)F)CC2)nc(N2CCN(C)CC2)n1. The molecule has 1 aromatic carbocycles. The van der Waals surface area contributed by atoms with E-state index in [0.717, 1.165) is 45.1 Å². The first kappa shape index (κ1) is 25.9. The average molecular weight is 507 g/mol. The molecule has 9 nitrogen and oxygen atoms in total. The predicted molar refractivity (Wildman–Crippen MR) is 132 cm³/mol. The zero-order chi connectivity index (χ0) is 25.7. The van der Waals surface area contributed by atoms with Crippen molar-refractivity contribution in [1.82, 2.24) is 25.2 Å². The van der Waals surface area contributed by atoms with Crippen molar-refractivity contribution in [2.75, 3.05) is 55.8 Å². The van der Waals surface area contributed by atoms with Gasteiger partial charge in [0.15, 0.2) is 0 Å². The first-order valence-electron chi connectivity index (χ1n) is 12.3. The Morgan fingerprint density at radius 3 is 2.33 bits per heavy atom. The molecular weight excluding hydrogens is 473 g/mol. The molecule has 36 heavy (non-hydrogen) atoms. The van der Waals surface area contributed by atoms with E-state index in [1.807, 2.05) is 0 Å². The Bertz CT molecular complexity index is 1030. The average Bonchev–Trinajstić information content (AvgIpc) is 2.87. The van der Waals surface area contributed by atoms with Crippen LogP contribution in [0.3, 0.4) is 0 Å². The van der Waals surface area contributed by atoms with Gasteiger partial charge in [-0.25, -0.2) is 0 Å². The minimum atomic E-state index is -4.45. The standard InChI is InChI=1S/C24H33F3N8O/c1-28-21-31-22(33-23(32-21)35-13-11-34(2)12-14-35)30-18-9-7-16(8-10-18)20(36)29-15-17-5-3-4-6-19(17)24(25,26)27/h3-6,16,18H,7-15H2,1-2H3,(H,29,36)(H2,28,30,31,32,33). The summed E-state index contributed by atoms with van der Waals surface area (Å²) in [6, 6.07) is 5.43. The van der Waals surface area contributed by atoms with Gasteiger partial charge in [-0.3, -0.25) is 4.79 Å². The van der Waals surface area contributed by atoms with E-state index >= 15 is 0 Å². The van der Waals surface area contributed by atoms with E-state index in [4.69, 9.17) is 0 Å². The fraction of sp³-hybridized carbons (Fsp3) is 0.583. The summed E-state index contributed by atoms with van der Waals surface area (Å²) in [4.78, 5) is 30.7. The topological polar surface area (TPSA) is 98.3 Å². The molecule has 0 unspecified atom stereocenters. The number of piperazine rings is 1. The normalized spacial score (nSPS) is 21.2. The Labute approximate surface area is 208 Å². The summed E-state index contributed by atoms with van der Waals surface area (Å²) in [7, 11) is 3.86. The van der Waals surface area contributed by atoms with Crippen LogP contribution in [0.2, 0.25) is 0 Å². The number of nitrogens with one attached hydrogen (secondary N) is 3. The number of rotatable bonds is 7. The Morgan fingerprint density at radius 2 is 1.67 bits per heavy atom. The zero-order valence-corrected chi connectivity index (χ0v) is 20.6. The lowest BCUT2D eigenvalue weighted by Gasteiger charge is -2.33. The van der Waals surface area contributed by atoms with Gasteiger partial charge in [-0.1, -0.05) is 18.2 Å². The molecule has 2 aliphatic rings. The van der Waals surface area contributed by atoms with Gasteiger partial charge in [-0.15, -0.1) is 0 Å². The summed E-state index contributed by atoms with van der Waals surface area (Å²) in [5.74, 6) is 1.19. The van der Waals surface area contributed by atoms with E-state index in [9.17, 15) is 18.0 Å². The van der Waals surface area contributed by atoms with E-state index < -0.39 is 11.7 Å². The molecule has 2 aromatic rings. The van der Waals surface area contributed by atoms with Crippen LogP contribution in [-0.2, 0) is 17.5 Å². The lowest BCUT2D eigenvalue weighted by molar-refractivity contribution is -0.138. The quantitative estimate of drug-likeness (QED) is 0.528. The van der Waals surface area contributed by atoms with Crippen LogP contribution in [0, 0.1) is 5.92 Å². The number of carbonyl (C=O) groups excluding carboxylic acids is 1. The molecule has 1 amide bonds. The minimum Gasteiger partial charge on any atom is -0.357 e. The third-order valence-corrected chi connectivity index (χ3v) is 6.84. The van der Waals surface area contributed by atoms with Crippen molar-refractivity contribution in [3.05, 3.63) is 35.4 Å². The summed E-state index contributed by atoms with van der Waals surface area (Å²) >= 11 is 0. The highest BCUT2D eigenvalue weighted by atomic mass is 19.4. The molecule has 12 heteroatoms. The van der Waals surface area contributed by atoms with Crippen LogP contribution in [-0.4, -0.2) is 72.1 Å². The Kier molecular flexibility index (Phi) is 8.12. The van der Waals surface area contributed by atoms with Gasteiger partial charge in [0.2, 0.25) is 23.8 Å². The first-order chi connectivity index (χ1) is 17.2. The second-order valence-corrected chi connectivity index (χ2v) is 9.39. The molecule has 1 aliphatic carbocycles. The summed E-state index contributed by atoms with van der Waals surface area (Å²) in [5.41, 5.74) is -0.646. The van der Waals surface area contributed by atoms with E-state index in [0.29, 0.717) is 30.7 Å². The maximum absolute atomic E-state index is 13.2. The van der Waals surface area contributed by atoms with Crippen LogP contribution in [0.5, 0.6) is 0 Å². The molecule has 0 bridgehead atoms. The molecule has 1 saturated heterocycles. The van der Waals surface area contributed by atoms with Crippen LogP contribution >= 0.6 is 0 Å². The summed E-state index contributed by atoms with van der Waals surface area (Å²) in [5, 5.41) is 9.08. The highest BCUT2D eigenvalue weighted by molar-refractivity contribution is 5.78.